The van der Waals surface area contributed by atoms with Gasteiger partial charge in [-0.1, -0.05) is 12.2 Å². The molecule has 0 saturated carbocycles. The molecular formula is C6H6N4S. The molecule has 4 nitrogen and oxygen atoms in total. The first-order valence-electron chi connectivity index (χ1n) is 2.69. The second-order valence-corrected chi connectivity index (χ2v) is 2.29. The summed E-state index contributed by atoms with van der Waals surface area (Å²) >= 11 is 4.53. The Bertz CT molecular complexity index is 262. The first-order valence-corrected chi connectivity index (χ1v) is 3.09. The average molecular weight is 166 g/mol. The molecule has 0 aromatic heterocycles. The molecule has 0 aliphatic heterocycles. The van der Waals surface area contributed by atoms with Crippen molar-refractivity contribution in [2.45, 2.75) is 6.42 Å². The van der Waals surface area contributed by atoms with E-state index >= 15 is 0 Å². The molecule has 0 heterocycles. The summed E-state index contributed by atoms with van der Waals surface area (Å²) in [6, 6.07) is 3.27. The van der Waals surface area contributed by atoms with Crippen LogP contribution in [-0.4, -0.2) is 4.99 Å². The predicted octanol–water partition coefficient (Wildman–Crippen LogP) is -0.0774. The van der Waals surface area contributed by atoms with Gasteiger partial charge in [0.2, 0.25) is 0 Å². The summed E-state index contributed by atoms with van der Waals surface area (Å²) in [6.45, 7) is 0. The number of hydrogen-bond donors (Lipinski definition) is 2. The van der Waals surface area contributed by atoms with Gasteiger partial charge in [-0.3, -0.25) is 0 Å². The Labute approximate surface area is 69.7 Å². The zero-order valence-electron chi connectivity index (χ0n) is 5.66. The van der Waals surface area contributed by atoms with E-state index in [1.165, 1.54) is 0 Å². The Hall–Kier alpha value is -1.59. The van der Waals surface area contributed by atoms with Crippen LogP contribution in [0.2, 0.25) is 0 Å². The molecule has 0 aromatic rings. The fraction of sp³-hybridized carbons (Fsp3) is 0.167. The van der Waals surface area contributed by atoms with Crippen molar-refractivity contribution in [3.8, 4) is 12.1 Å². The molecule has 0 rings (SSSR count). The van der Waals surface area contributed by atoms with E-state index in [1.807, 2.05) is 0 Å². The second kappa shape index (κ2) is 4.26. The van der Waals surface area contributed by atoms with Crippen LogP contribution in [0.3, 0.4) is 0 Å². The van der Waals surface area contributed by atoms with Crippen LogP contribution in [0.5, 0.6) is 0 Å². The number of rotatable bonds is 2. The molecule has 0 saturated heterocycles. The molecule has 0 bridgehead atoms. The Kier molecular flexibility index (Phi) is 3.65. The Morgan fingerprint density at radius 1 is 1.27 bits per heavy atom. The van der Waals surface area contributed by atoms with E-state index in [2.05, 4.69) is 12.2 Å². The van der Waals surface area contributed by atoms with Crippen LogP contribution in [-0.2, 0) is 0 Å². The van der Waals surface area contributed by atoms with Gasteiger partial charge in [-0.05, 0) is 0 Å². The molecule has 56 valence electrons. The standard InChI is InChI=1S/C6H6N4S/c7-2-4(3-8)5(9)1-6(10)11/h1,9H2,(H2,10,11). The number of hydrogen-bond acceptors (Lipinski definition) is 4. The fourth-order valence-corrected chi connectivity index (χ4v) is 0.600. The largest absolute Gasteiger partial charge is 0.400 e. The van der Waals surface area contributed by atoms with Gasteiger partial charge in [0, 0.05) is 12.1 Å². The number of allylic oxidation sites excluding steroid dienone is 1. The van der Waals surface area contributed by atoms with Crippen LogP contribution in [0.4, 0.5) is 0 Å². The molecule has 0 unspecified atom stereocenters. The quantitative estimate of drug-likeness (QED) is 0.441. The molecule has 0 spiro atoms. The van der Waals surface area contributed by atoms with Crippen LogP contribution < -0.4 is 11.5 Å². The molecule has 0 amide bonds. The van der Waals surface area contributed by atoms with E-state index < -0.39 is 0 Å². The molecule has 0 aliphatic rings. The first kappa shape index (κ1) is 9.41. The highest BCUT2D eigenvalue weighted by Gasteiger charge is 2.01. The van der Waals surface area contributed by atoms with E-state index in [-0.39, 0.29) is 22.7 Å². The highest BCUT2D eigenvalue weighted by molar-refractivity contribution is 7.80. The van der Waals surface area contributed by atoms with Crippen molar-refractivity contribution < 1.29 is 0 Å². The van der Waals surface area contributed by atoms with Crippen LogP contribution in [0, 0.1) is 22.7 Å². The van der Waals surface area contributed by atoms with Gasteiger partial charge in [-0.2, -0.15) is 10.5 Å². The summed E-state index contributed by atoms with van der Waals surface area (Å²) in [5.41, 5.74) is 10.4. The van der Waals surface area contributed by atoms with Crippen LogP contribution >= 0.6 is 12.2 Å². The van der Waals surface area contributed by atoms with Gasteiger partial charge in [-0.25, -0.2) is 0 Å². The van der Waals surface area contributed by atoms with Crippen LogP contribution in [0.25, 0.3) is 0 Å². The van der Waals surface area contributed by atoms with E-state index in [9.17, 15) is 0 Å². The van der Waals surface area contributed by atoms with Gasteiger partial charge in [0.25, 0.3) is 0 Å². The molecular weight excluding hydrogens is 160 g/mol. The maximum atomic E-state index is 8.31. The lowest BCUT2D eigenvalue weighted by molar-refractivity contribution is 1.19. The monoisotopic (exact) mass is 166 g/mol. The van der Waals surface area contributed by atoms with Gasteiger partial charge in [-0.15, -0.1) is 0 Å². The van der Waals surface area contributed by atoms with Gasteiger partial charge < -0.3 is 11.5 Å². The summed E-state index contributed by atoms with van der Waals surface area (Å²) in [4.78, 5) is 0.172. The maximum absolute atomic E-state index is 8.31. The molecule has 5 heteroatoms. The first-order chi connectivity index (χ1) is 5.11. The number of nitrogens with zero attached hydrogens (tertiary/aromatic N) is 2. The minimum absolute atomic E-state index is 0.117. The summed E-state index contributed by atoms with van der Waals surface area (Å²) in [7, 11) is 0. The predicted molar refractivity (Wildman–Crippen MR) is 43.8 cm³/mol. The highest BCUT2D eigenvalue weighted by atomic mass is 32.1. The average Bonchev–Trinajstić information content (AvgIpc) is 1.88. The summed E-state index contributed by atoms with van der Waals surface area (Å²) in [6.07, 6.45) is 0.117. The zero-order chi connectivity index (χ0) is 8.85. The molecule has 11 heavy (non-hydrogen) atoms. The summed E-state index contributed by atoms with van der Waals surface area (Å²) in [5.74, 6) is 0. The lowest BCUT2D eigenvalue weighted by Gasteiger charge is -1.96. The smallest absolute Gasteiger partial charge is 0.148 e. The van der Waals surface area contributed by atoms with Gasteiger partial charge in [0.1, 0.15) is 17.7 Å². The number of nitriles is 2. The third-order valence-corrected chi connectivity index (χ3v) is 1.05. The molecule has 0 atom stereocenters. The number of thiocarbonyl (C=S) groups is 1. The van der Waals surface area contributed by atoms with Gasteiger partial charge >= 0.3 is 0 Å². The maximum Gasteiger partial charge on any atom is 0.148 e. The fourth-order valence-electron chi connectivity index (χ4n) is 0.445. The molecule has 4 N–H and O–H groups in total. The van der Waals surface area contributed by atoms with Crippen molar-refractivity contribution >= 4 is 17.2 Å². The van der Waals surface area contributed by atoms with Crippen molar-refractivity contribution in [2.75, 3.05) is 0 Å². The molecule has 0 radical (unpaired) electrons. The summed E-state index contributed by atoms with van der Waals surface area (Å²) in [5, 5.41) is 16.6. The van der Waals surface area contributed by atoms with Crippen molar-refractivity contribution in [2.24, 2.45) is 11.5 Å². The lowest BCUT2D eigenvalue weighted by atomic mass is 10.2. The van der Waals surface area contributed by atoms with Crippen LogP contribution in [0.15, 0.2) is 11.3 Å². The third kappa shape index (κ3) is 3.19. The van der Waals surface area contributed by atoms with Crippen molar-refractivity contribution in [3.05, 3.63) is 11.3 Å². The minimum Gasteiger partial charge on any atom is -0.400 e. The Morgan fingerprint density at radius 3 is 2.00 bits per heavy atom. The third-order valence-electron chi connectivity index (χ3n) is 0.909. The lowest BCUT2D eigenvalue weighted by Crippen LogP contribution is -2.13. The van der Waals surface area contributed by atoms with E-state index in [4.69, 9.17) is 22.0 Å². The SMILES string of the molecule is N#CC(C#N)=C(N)CC(N)=S. The van der Waals surface area contributed by atoms with Crippen LogP contribution in [0.1, 0.15) is 6.42 Å². The molecule has 0 aromatic carbocycles. The molecule has 0 aliphatic carbocycles. The van der Waals surface area contributed by atoms with E-state index in [0.29, 0.717) is 0 Å². The topological polar surface area (TPSA) is 99.6 Å². The normalized spacial score (nSPS) is 7.45. The van der Waals surface area contributed by atoms with E-state index in [1.54, 1.807) is 12.1 Å². The Balaban J connectivity index is 4.56. The van der Waals surface area contributed by atoms with Crippen molar-refractivity contribution in [1.29, 1.82) is 10.5 Å². The zero-order valence-corrected chi connectivity index (χ0v) is 6.48. The molecule has 0 fully saturated rings. The van der Waals surface area contributed by atoms with Gasteiger partial charge in [0.15, 0.2) is 0 Å². The summed E-state index contributed by atoms with van der Waals surface area (Å²) < 4.78 is 0. The Morgan fingerprint density at radius 2 is 1.73 bits per heavy atom. The second-order valence-electron chi connectivity index (χ2n) is 1.77. The minimum atomic E-state index is -0.127. The van der Waals surface area contributed by atoms with E-state index in [0.717, 1.165) is 0 Å². The number of nitrogens with two attached hydrogens (primary N) is 2. The highest BCUT2D eigenvalue weighted by Crippen LogP contribution is 2.00. The van der Waals surface area contributed by atoms with Gasteiger partial charge in [0.05, 0.1) is 4.99 Å². The van der Waals surface area contributed by atoms with Crippen molar-refractivity contribution in [1.82, 2.24) is 0 Å². The van der Waals surface area contributed by atoms with Crippen molar-refractivity contribution in [3.63, 3.8) is 0 Å².